The minimum Gasteiger partial charge on any atom is -0.454 e. The summed E-state index contributed by atoms with van der Waals surface area (Å²) >= 11 is 0. The van der Waals surface area contributed by atoms with Crippen LogP contribution in [-0.2, 0) is 4.12 Å². The van der Waals surface area contributed by atoms with Crippen LogP contribution in [0, 0.1) is 10.8 Å². The van der Waals surface area contributed by atoms with Crippen molar-refractivity contribution < 1.29 is 4.12 Å². The minimum absolute atomic E-state index is 0.274. The second-order valence-corrected chi connectivity index (χ2v) is 11.7. The minimum atomic E-state index is -1.12. The average molecular weight is 271 g/mol. The van der Waals surface area contributed by atoms with Crippen molar-refractivity contribution >= 4 is 18.1 Å². The van der Waals surface area contributed by atoms with Gasteiger partial charge in [0.05, 0.1) is 0 Å². The van der Waals surface area contributed by atoms with E-state index in [9.17, 15) is 0 Å². The Kier molecular flexibility index (Phi) is 6.66. The van der Waals surface area contributed by atoms with Crippen LogP contribution in [0.1, 0.15) is 41.5 Å². The Morgan fingerprint density at radius 2 is 1.00 bits per heavy atom. The van der Waals surface area contributed by atoms with E-state index in [2.05, 4.69) is 78.2 Å². The normalized spacial score (nSPS) is 17.9. The van der Waals surface area contributed by atoms with E-state index in [1.54, 1.807) is 0 Å². The second-order valence-electron chi connectivity index (χ2n) is 7.00. The molecule has 0 rings (SSSR count). The lowest BCUT2D eigenvalue weighted by Crippen LogP contribution is -2.22. The Balaban J connectivity index is 4.18. The molecule has 0 saturated carbocycles. The molecule has 0 heterocycles. The fourth-order valence-corrected chi connectivity index (χ4v) is 6.41. The van der Waals surface area contributed by atoms with Gasteiger partial charge in [0.25, 0.3) is 0 Å². The third-order valence-corrected chi connectivity index (χ3v) is 7.07. The number of rotatable bonds is 4. The van der Waals surface area contributed by atoms with E-state index in [-0.39, 0.29) is 10.8 Å². The molecule has 0 spiro atoms. The zero-order valence-corrected chi connectivity index (χ0v) is 15.2. The molecule has 0 aromatic carbocycles. The molecule has 2 atom stereocenters. The van der Waals surface area contributed by atoms with Gasteiger partial charge in [0.15, 0.2) is 18.1 Å². The van der Waals surface area contributed by atoms with Gasteiger partial charge >= 0.3 is 0 Å². The van der Waals surface area contributed by atoms with Crippen LogP contribution in [0.5, 0.6) is 0 Å². The van der Waals surface area contributed by atoms with Gasteiger partial charge in [-0.2, -0.15) is 0 Å². The van der Waals surface area contributed by atoms with Crippen molar-refractivity contribution in [3.63, 3.8) is 0 Å². The van der Waals surface area contributed by atoms with Crippen molar-refractivity contribution in [1.29, 1.82) is 0 Å². The monoisotopic (exact) mass is 270 g/mol. The lowest BCUT2D eigenvalue weighted by atomic mass is 9.98. The summed E-state index contributed by atoms with van der Waals surface area (Å²) in [5.41, 5.74) is 5.18. The summed E-state index contributed by atoms with van der Waals surface area (Å²) in [6.07, 6.45) is 4.58. The highest BCUT2D eigenvalue weighted by molar-refractivity contribution is 6.70. The van der Waals surface area contributed by atoms with Crippen LogP contribution in [0.3, 0.4) is 0 Å². The smallest absolute Gasteiger partial charge is 0.184 e. The Hall–Kier alpha value is -0.126. The summed E-state index contributed by atoms with van der Waals surface area (Å²) in [5.74, 6) is 0. The van der Waals surface area contributed by atoms with Gasteiger partial charge in [-0.1, -0.05) is 65.1 Å². The molecule has 100 valence electrons. The Bertz CT molecular complexity index is 241. The van der Waals surface area contributed by atoms with Gasteiger partial charge in [-0.25, -0.2) is 0 Å². The topological polar surface area (TPSA) is 9.23 Å². The van der Waals surface area contributed by atoms with Gasteiger partial charge < -0.3 is 4.12 Å². The van der Waals surface area contributed by atoms with Crippen LogP contribution in [0.15, 0.2) is 23.6 Å². The van der Waals surface area contributed by atoms with E-state index in [4.69, 9.17) is 4.12 Å². The standard InChI is InChI=1S/C14H30OSi2/c1-13(2,3)9-11-16(7)15-17(8)12-10-14(4,5)6/h9-12,16-17H,1-8H3/b11-9+,12-10+. The molecule has 0 aromatic heterocycles. The van der Waals surface area contributed by atoms with Gasteiger partial charge in [0.2, 0.25) is 0 Å². The van der Waals surface area contributed by atoms with Crippen molar-refractivity contribution in [2.45, 2.75) is 54.6 Å². The molecule has 0 saturated heterocycles. The first-order valence-corrected chi connectivity index (χ1v) is 11.1. The van der Waals surface area contributed by atoms with Crippen molar-refractivity contribution in [3.8, 4) is 0 Å². The van der Waals surface area contributed by atoms with E-state index in [1.807, 2.05) is 0 Å². The predicted octanol–water partition coefficient (Wildman–Crippen LogP) is 3.99. The molecule has 0 aliphatic heterocycles. The lowest BCUT2D eigenvalue weighted by molar-refractivity contribution is 0.540. The first-order valence-electron chi connectivity index (χ1n) is 6.54. The molecule has 17 heavy (non-hydrogen) atoms. The average Bonchev–Trinajstić information content (AvgIpc) is 2.09. The maximum absolute atomic E-state index is 6.15. The Morgan fingerprint density at radius 1 is 0.706 bits per heavy atom. The van der Waals surface area contributed by atoms with Crippen molar-refractivity contribution in [2.75, 3.05) is 0 Å². The first-order chi connectivity index (χ1) is 7.49. The van der Waals surface area contributed by atoms with Crippen molar-refractivity contribution in [2.24, 2.45) is 10.8 Å². The van der Waals surface area contributed by atoms with E-state index >= 15 is 0 Å². The van der Waals surface area contributed by atoms with Crippen LogP contribution < -0.4 is 0 Å². The van der Waals surface area contributed by atoms with Gasteiger partial charge in [0.1, 0.15) is 0 Å². The summed E-state index contributed by atoms with van der Waals surface area (Å²) < 4.78 is 6.15. The summed E-state index contributed by atoms with van der Waals surface area (Å²) in [6, 6.07) is 0. The Morgan fingerprint density at radius 3 is 1.24 bits per heavy atom. The van der Waals surface area contributed by atoms with E-state index < -0.39 is 18.1 Å². The molecular formula is C14H30OSi2. The molecule has 3 heteroatoms. The van der Waals surface area contributed by atoms with Gasteiger partial charge in [-0.15, -0.1) is 0 Å². The van der Waals surface area contributed by atoms with Gasteiger partial charge in [0, 0.05) is 0 Å². The SMILES string of the molecule is C[SiH](/C=C/C(C)(C)C)O[SiH](C)/C=C/C(C)(C)C. The predicted molar refractivity (Wildman–Crippen MR) is 84.3 cm³/mol. The number of allylic oxidation sites excluding steroid dienone is 2. The van der Waals surface area contributed by atoms with Crippen LogP contribution in [-0.4, -0.2) is 18.1 Å². The van der Waals surface area contributed by atoms with Crippen LogP contribution in [0.25, 0.3) is 0 Å². The molecule has 0 aromatic rings. The third kappa shape index (κ3) is 12.1. The van der Waals surface area contributed by atoms with Crippen molar-refractivity contribution in [3.05, 3.63) is 23.6 Å². The molecule has 0 N–H and O–H groups in total. The Labute approximate surface area is 111 Å². The summed E-state index contributed by atoms with van der Waals surface area (Å²) in [5, 5.41) is 0. The highest BCUT2D eigenvalue weighted by Crippen LogP contribution is 2.16. The first kappa shape index (κ1) is 16.9. The molecule has 0 aliphatic rings. The molecule has 0 radical (unpaired) electrons. The van der Waals surface area contributed by atoms with E-state index in [0.29, 0.717) is 0 Å². The van der Waals surface area contributed by atoms with Crippen LogP contribution in [0.4, 0.5) is 0 Å². The van der Waals surface area contributed by atoms with Crippen LogP contribution in [0.2, 0.25) is 13.1 Å². The molecule has 1 nitrogen and oxygen atoms in total. The molecule has 0 amide bonds. The molecule has 0 aliphatic carbocycles. The summed E-state index contributed by atoms with van der Waals surface area (Å²) in [6.45, 7) is 17.9. The molecule has 0 fully saturated rings. The fourth-order valence-electron chi connectivity index (χ4n) is 1.28. The third-order valence-electron chi connectivity index (χ3n) is 2.16. The maximum Gasteiger partial charge on any atom is 0.184 e. The second kappa shape index (κ2) is 6.71. The molecule has 2 unspecified atom stereocenters. The quantitative estimate of drug-likeness (QED) is 0.702. The largest absolute Gasteiger partial charge is 0.454 e. The highest BCUT2D eigenvalue weighted by Gasteiger charge is 2.10. The zero-order chi connectivity index (χ0) is 13.7. The summed E-state index contributed by atoms with van der Waals surface area (Å²) in [7, 11) is -2.23. The maximum atomic E-state index is 6.15. The van der Waals surface area contributed by atoms with E-state index in [1.165, 1.54) is 0 Å². The lowest BCUT2D eigenvalue weighted by Gasteiger charge is -2.17. The van der Waals surface area contributed by atoms with Gasteiger partial charge in [-0.05, 0) is 23.9 Å². The van der Waals surface area contributed by atoms with E-state index in [0.717, 1.165) is 0 Å². The zero-order valence-electron chi connectivity index (χ0n) is 12.9. The van der Waals surface area contributed by atoms with Crippen LogP contribution >= 0.6 is 0 Å². The number of hydrogen-bond acceptors (Lipinski definition) is 1. The number of hydrogen-bond donors (Lipinski definition) is 0. The summed E-state index contributed by atoms with van der Waals surface area (Å²) in [4.78, 5) is 0. The fraction of sp³-hybridized carbons (Fsp3) is 0.714. The van der Waals surface area contributed by atoms with Gasteiger partial charge in [-0.3, -0.25) is 0 Å². The van der Waals surface area contributed by atoms with Crippen molar-refractivity contribution in [1.82, 2.24) is 0 Å². The highest BCUT2D eigenvalue weighted by atomic mass is 28.4. The molecule has 0 bridgehead atoms. The molecular weight excluding hydrogens is 240 g/mol.